The molecular weight excluding hydrogens is 334 g/mol. The van der Waals surface area contributed by atoms with Crippen molar-refractivity contribution >= 4 is 28.4 Å². The molecule has 0 spiro atoms. The Morgan fingerprint density at radius 1 is 1.12 bits per heavy atom. The number of aromatic nitrogens is 3. The molecular formula is C19H15N3O2S. The standard InChI is InChI=1S/C19H15N3O2S/c23-18-10-14(11-25-19-21-20-17-6-1-2-7-22(17)19)15-8-12-4-3-5-13(12)9-16(15)24-18/h1-2,6-10H,3-5,11H2. The van der Waals surface area contributed by atoms with Gasteiger partial charge in [0, 0.05) is 23.4 Å². The van der Waals surface area contributed by atoms with Crippen LogP contribution in [0.2, 0.25) is 0 Å². The highest BCUT2D eigenvalue weighted by Gasteiger charge is 2.16. The summed E-state index contributed by atoms with van der Waals surface area (Å²) in [6.45, 7) is 0. The van der Waals surface area contributed by atoms with Crippen molar-refractivity contribution in [3.63, 3.8) is 0 Å². The molecule has 1 aliphatic rings. The molecule has 0 amide bonds. The van der Waals surface area contributed by atoms with Gasteiger partial charge in [-0.25, -0.2) is 4.79 Å². The molecule has 0 unspecified atom stereocenters. The van der Waals surface area contributed by atoms with Crippen molar-refractivity contribution in [2.75, 3.05) is 0 Å². The van der Waals surface area contributed by atoms with Crippen LogP contribution in [0.4, 0.5) is 0 Å². The summed E-state index contributed by atoms with van der Waals surface area (Å²) in [4.78, 5) is 12.0. The quantitative estimate of drug-likeness (QED) is 0.418. The fourth-order valence-electron chi connectivity index (χ4n) is 3.47. The SMILES string of the molecule is O=c1cc(CSc2nnc3ccccn23)c2cc3c(cc2o1)CCC3. The van der Waals surface area contributed by atoms with Crippen LogP contribution in [-0.4, -0.2) is 14.6 Å². The van der Waals surface area contributed by atoms with Crippen LogP contribution in [0.1, 0.15) is 23.1 Å². The number of aryl methyl sites for hydroxylation is 2. The first-order valence-electron chi connectivity index (χ1n) is 8.29. The molecule has 3 aromatic heterocycles. The molecule has 0 atom stereocenters. The first-order chi connectivity index (χ1) is 12.3. The normalized spacial score (nSPS) is 13.6. The highest BCUT2D eigenvalue weighted by molar-refractivity contribution is 7.98. The third kappa shape index (κ3) is 2.53. The maximum Gasteiger partial charge on any atom is 0.336 e. The van der Waals surface area contributed by atoms with E-state index in [4.69, 9.17) is 4.42 Å². The molecule has 0 N–H and O–H groups in total. The Morgan fingerprint density at radius 3 is 2.92 bits per heavy atom. The van der Waals surface area contributed by atoms with Gasteiger partial charge in [-0.3, -0.25) is 4.40 Å². The van der Waals surface area contributed by atoms with Crippen LogP contribution < -0.4 is 5.63 Å². The van der Waals surface area contributed by atoms with E-state index in [0.717, 1.165) is 34.6 Å². The lowest BCUT2D eigenvalue weighted by molar-refractivity contribution is 0.559. The molecule has 0 saturated heterocycles. The molecule has 124 valence electrons. The van der Waals surface area contributed by atoms with Gasteiger partial charge in [-0.15, -0.1) is 10.2 Å². The van der Waals surface area contributed by atoms with E-state index in [0.29, 0.717) is 11.3 Å². The number of hydrogen-bond donors (Lipinski definition) is 0. The molecule has 4 aromatic rings. The largest absolute Gasteiger partial charge is 0.423 e. The third-order valence-corrected chi connectivity index (χ3v) is 5.67. The fraction of sp³-hybridized carbons (Fsp3) is 0.211. The molecule has 1 aromatic carbocycles. The van der Waals surface area contributed by atoms with E-state index in [9.17, 15) is 4.79 Å². The Bertz CT molecular complexity index is 1160. The van der Waals surface area contributed by atoms with Crippen LogP contribution in [0.15, 0.2) is 57.0 Å². The van der Waals surface area contributed by atoms with Crippen LogP contribution in [0.5, 0.6) is 0 Å². The van der Waals surface area contributed by atoms with Crippen LogP contribution in [-0.2, 0) is 18.6 Å². The van der Waals surface area contributed by atoms with E-state index in [-0.39, 0.29) is 5.63 Å². The van der Waals surface area contributed by atoms with Gasteiger partial charge in [0.2, 0.25) is 0 Å². The van der Waals surface area contributed by atoms with Gasteiger partial charge >= 0.3 is 5.63 Å². The molecule has 0 fully saturated rings. The third-order valence-electron chi connectivity index (χ3n) is 4.68. The Balaban J connectivity index is 1.55. The minimum Gasteiger partial charge on any atom is -0.423 e. The summed E-state index contributed by atoms with van der Waals surface area (Å²) < 4.78 is 7.39. The van der Waals surface area contributed by atoms with Crippen LogP contribution in [0.25, 0.3) is 16.6 Å². The first-order valence-corrected chi connectivity index (χ1v) is 9.27. The number of nitrogens with zero attached hydrogens (tertiary/aromatic N) is 3. The number of hydrogen-bond acceptors (Lipinski definition) is 5. The van der Waals surface area contributed by atoms with Crippen molar-refractivity contribution in [1.82, 2.24) is 14.6 Å². The topological polar surface area (TPSA) is 60.4 Å². The van der Waals surface area contributed by atoms with Crippen molar-refractivity contribution in [2.45, 2.75) is 30.2 Å². The van der Waals surface area contributed by atoms with E-state index in [1.165, 1.54) is 17.5 Å². The van der Waals surface area contributed by atoms with Crippen molar-refractivity contribution in [1.29, 1.82) is 0 Å². The predicted octanol–water partition coefficient (Wildman–Crippen LogP) is 3.62. The molecule has 1 aliphatic carbocycles. The molecule has 6 heteroatoms. The van der Waals surface area contributed by atoms with Crippen LogP contribution in [0, 0.1) is 0 Å². The summed E-state index contributed by atoms with van der Waals surface area (Å²) in [5.74, 6) is 0.649. The highest BCUT2D eigenvalue weighted by atomic mass is 32.2. The highest BCUT2D eigenvalue weighted by Crippen LogP contribution is 2.31. The summed E-state index contributed by atoms with van der Waals surface area (Å²) in [7, 11) is 0. The average molecular weight is 349 g/mol. The molecule has 0 radical (unpaired) electrons. The smallest absolute Gasteiger partial charge is 0.336 e. The van der Waals surface area contributed by atoms with Gasteiger partial charge in [0.15, 0.2) is 10.8 Å². The van der Waals surface area contributed by atoms with Gasteiger partial charge in [-0.2, -0.15) is 0 Å². The predicted molar refractivity (Wildman–Crippen MR) is 97.1 cm³/mol. The molecule has 25 heavy (non-hydrogen) atoms. The minimum atomic E-state index is -0.299. The Hall–Kier alpha value is -2.60. The molecule has 0 saturated carbocycles. The van der Waals surface area contributed by atoms with Crippen molar-refractivity contribution in [2.24, 2.45) is 0 Å². The summed E-state index contributed by atoms with van der Waals surface area (Å²) in [5, 5.41) is 10.3. The van der Waals surface area contributed by atoms with E-state index in [1.54, 1.807) is 17.8 Å². The minimum absolute atomic E-state index is 0.299. The lowest BCUT2D eigenvalue weighted by Crippen LogP contribution is -2.01. The van der Waals surface area contributed by atoms with Gasteiger partial charge in [0.1, 0.15) is 5.58 Å². The second-order valence-electron chi connectivity index (χ2n) is 6.26. The zero-order valence-corrected chi connectivity index (χ0v) is 14.3. The molecule has 5 rings (SSSR count). The number of pyridine rings is 1. The Labute approximate surface area is 147 Å². The van der Waals surface area contributed by atoms with Crippen LogP contribution >= 0.6 is 11.8 Å². The first kappa shape index (κ1) is 14.7. The fourth-order valence-corrected chi connectivity index (χ4v) is 4.39. The van der Waals surface area contributed by atoms with Gasteiger partial charge in [-0.1, -0.05) is 17.8 Å². The summed E-state index contributed by atoms with van der Waals surface area (Å²) >= 11 is 1.58. The van der Waals surface area contributed by atoms with E-state index < -0.39 is 0 Å². The average Bonchev–Trinajstić information content (AvgIpc) is 3.24. The summed E-state index contributed by atoms with van der Waals surface area (Å²) in [6.07, 6.45) is 5.29. The van der Waals surface area contributed by atoms with Crippen molar-refractivity contribution < 1.29 is 4.42 Å². The van der Waals surface area contributed by atoms with Gasteiger partial charge in [0.25, 0.3) is 0 Å². The van der Waals surface area contributed by atoms with Gasteiger partial charge in [-0.05, 0) is 60.2 Å². The van der Waals surface area contributed by atoms with E-state index in [2.05, 4.69) is 16.3 Å². The van der Waals surface area contributed by atoms with Gasteiger partial charge in [0.05, 0.1) is 0 Å². The number of benzene rings is 1. The maximum absolute atomic E-state index is 12.0. The number of thioether (sulfide) groups is 1. The molecule has 0 aliphatic heterocycles. The summed E-state index contributed by atoms with van der Waals surface area (Å²) in [5.41, 5.74) is 4.88. The van der Waals surface area contributed by atoms with Crippen LogP contribution in [0.3, 0.4) is 0 Å². The second-order valence-corrected chi connectivity index (χ2v) is 7.20. The van der Waals surface area contributed by atoms with Gasteiger partial charge < -0.3 is 4.42 Å². The van der Waals surface area contributed by atoms with Crippen molar-refractivity contribution in [3.8, 4) is 0 Å². The number of fused-ring (bicyclic) bond motifs is 3. The zero-order valence-electron chi connectivity index (χ0n) is 13.4. The lowest BCUT2D eigenvalue weighted by atomic mass is 10.0. The zero-order chi connectivity index (χ0) is 16.8. The number of rotatable bonds is 3. The van der Waals surface area contributed by atoms with E-state index >= 15 is 0 Å². The van der Waals surface area contributed by atoms with Crippen molar-refractivity contribution in [3.05, 3.63) is 69.7 Å². The molecule has 0 bridgehead atoms. The Morgan fingerprint density at radius 2 is 2.00 bits per heavy atom. The molecule has 3 heterocycles. The Kier molecular flexibility index (Phi) is 3.38. The monoisotopic (exact) mass is 349 g/mol. The lowest BCUT2D eigenvalue weighted by Gasteiger charge is -2.07. The second kappa shape index (κ2) is 5.74. The maximum atomic E-state index is 12.0. The molecule has 5 nitrogen and oxygen atoms in total. The summed E-state index contributed by atoms with van der Waals surface area (Å²) in [6, 6.07) is 11.6. The van der Waals surface area contributed by atoms with E-state index in [1.807, 2.05) is 34.9 Å².